The van der Waals surface area contributed by atoms with E-state index in [1.165, 1.54) is 12.1 Å². The Labute approximate surface area is 104 Å². The first kappa shape index (κ1) is 12.0. The summed E-state index contributed by atoms with van der Waals surface area (Å²) in [6.07, 6.45) is 0. The molecule has 0 amide bonds. The van der Waals surface area contributed by atoms with Gasteiger partial charge in [-0.2, -0.15) is 0 Å². The Morgan fingerprint density at radius 2 is 1.94 bits per heavy atom. The lowest BCUT2D eigenvalue weighted by Gasteiger charge is -2.08. The van der Waals surface area contributed by atoms with Gasteiger partial charge in [-0.25, -0.2) is 4.79 Å². The number of ether oxygens (including phenoxy) is 2. The molecule has 1 heterocycles. The SMILES string of the molecule is CCOc1ccccc1OC(=O)c1ccc(N)o1. The second kappa shape index (κ2) is 5.27. The topological polar surface area (TPSA) is 74.7 Å². The molecule has 0 spiro atoms. The fourth-order valence-electron chi connectivity index (χ4n) is 1.42. The Hall–Kier alpha value is -2.43. The third-order valence-corrected chi connectivity index (χ3v) is 2.18. The molecule has 2 N–H and O–H groups in total. The van der Waals surface area contributed by atoms with Gasteiger partial charge < -0.3 is 19.6 Å². The molecule has 18 heavy (non-hydrogen) atoms. The Kier molecular flexibility index (Phi) is 3.52. The molecule has 1 aromatic carbocycles. The van der Waals surface area contributed by atoms with Crippen LogP contribution in [0.5, 0.6) is 11.5 Å². The number of rotatable bonds is 4. The number of nitrogen functional groups attached to an aromatic ring is 1. The first-order valence-corrected chi connectivity index (χ1v) is 5.50. The molecule has 0 aliphatic carbocycles. The van der Waals surface area contributed by atoms with Crippen LogP contribution in [0.1, 0.15) is 17.5 Å². The van der Waals surface area contributed by atoms with Crippen LogP contribution < -0.4 is 15.2 Å². The number of esters is 1. The molecule has 5 heteroatoms. The zero-order valence-corrected chi connectivity index (χ0v) is 9.88. The van der Waals surface area contributed by atoms with Crippen LogP contribution in [0.25, 0.3) is 0 Å². The molecule has 2 rings (SSSR count). The van der Waals surface area contributed by atoms with E-state index in [9.17, 15) is 4.79 Å². The van der Waals surface area contributed by atoms with Crippen LogP contribution in [0, 0.1) is 0 Å². The first-order valence-electron chi connectivity index (χ1n) is 5.50. The van der Waals surface area contributed by atoms with Gasteiger partial charge in [0.1, 0.15) is 0 Å². The number of carbonyl (C=O) groups is 1. The summed E-state index contributed by atoms with van der Waals surface area (Å²) in [7, 11) is 0. The van der Waals surface area contributed by atoms with E-state index in [-0.39, 0.29) is 11.6 Å². The van der Waals surface area contributed by atoms with Crippen LogP contribution >= 0.6 is 0 Å². The van der Waals surface area contributed by atoms with Gasteiger partial charge in [-0.3, -0.25) is 0 Å². The maximum Gasteiger partial charge on any atom is 0.379 e. The minimum Gasteiger partial charge on any atom is -0.490 e. The number of para-hydroxylation sites is 2. The third-order valence-electron chi connectivity index (χ3n) is 2.18. The summed E-state index contributed by atoms with van der Waals surface area (Å²) >= 11 is 0. The van der Waals surface area contributed by atoms with Crippen LogP contribution in [-0.4, -0.2) is 12.6 Å². The van der Waals surface area contributed by atoms with Crippen molar-refractivity contribution in [2.45, 2.75) is 6.92 Å². The Morgan fingerprint density at radius 3 is 2.56 bits per heavy atom. The van der Waals surface area contributed by atoms with Gasteiger partial charge >= 0.3 is 5.97 Å². The van der Waals surface area contributed by atoms with Crippen molar-refractivity contribution in [2.24, 2.45) is 0 Å². The fourth-order valence-corrected chi connectivity index (χ4v) is 1.42. The van der Waals surface area contributed by atoms with Crippen molar-refractivity contribution in [2.75, 3.05) is 12.3 Å². The summed E-state index contributed by atoms with van der Waals surface area (Å²) in [6, 6.07) is 9.87. The number of carbonyl (C=O) groups excluding carboxylic acids is 1. The zero-order chi connectivity index (χ0) is 13.0. The maximum atomic E-state index is 11.8. The van der Waals surface area contributed by atoms with Gasteiger partial charge in [0.25, 0.3) is 0 Å². The molecular weight excluding hydrogens is 234 g/mol. The maximum absolute atomic E-state index is 11.8. The monoisotopic (exact) mass is 247 g/mol. The van der Waals surface area contributed by atoms with Gasteiger partial charge in [0.2, 0.25) is 5.76 Å². The molecule has 94 valence electrons. The lowest BCUT2D eigenvalue weighted by molar-refractivity contribution is 0.0696. The second-order valence-electron chi connectivity index (χ2n) is 3.47. The van der Waals surface area contributed by atoms with Gasteiger partial charge in [0, 0.05) is 6.07 Å². The van der Waals surface area contributed by atoms with E-state index in [0.29, 0.717) is 18.1 Å². The molecular formula is C13H13NO4. The summed E-state index contributed by atoms with van der Waals surface area (Å²) in [5, 5.41) is 0. The average molecular weight is 247 g/mol. The zero-order valence-electron chi connectivity index (χ0n) is 9.88. The van der Waals surface area contributed by atoms with Crippen molar-refractivity contribution < 1.29 is 18.7 Å². The molecule has 0 radical (unpaired) electrons. The highest BCUT2D eigenvalue weighted by Gasteiger charge is 2.15. The predicted octanol–water partition coefficient (Wildman–Crippen LogP) is 2.48. The van der Waals surface area contributed by atoms with Crippen molar-refractivity contribution in [3.05, 3.63) is 42.2 Å². The van der Waals surface area contributed by atoms with Crippen molar-refractivity contribution >= 4 is 11.9 Å². The lowest BCUT2D eigenvalue weighted by Crippen LogP contribution is -2.08. The van der Waals surface area contributed by atoms with Crippen LogP contribution in [-0.2, 0) is 0 Å². The smallest absolute Gasteiger partial charge is 0.379 e. The van der Waals surface area contributed by atoms with E-state index in [1.54, 1.807) is 24.3 Å². The summed E-state index contributed by atoms with van der Waals surface area (Å²) in [4.78, 5) is 11.8. The molecule has 0 saturated heterocycles. The van der Waals surface area contributed by atoms with Gasteiger partial charge in [-0.1, -0.05) is 12.1 Å². The fraction of sp³-hybridized carbons (Fsp3) is 0.154. The summed E-state index contributed by atoms with van der Waals surface area (Å²) < 4.78 is 15.5. The largest absolute Gasteiger partial charge is 0.490 e. The van der Waals surface area contributed by atoms with E-state index in [0.717, 1.165) is 0 Å². The summed E-state index contributed by atoms with van der Waals surface area (Å²) in [5.74, 6) is 0.463. The highest BCUT2D eigenvalue weighted by Crippen LogP contribution is 2.27. The molecule has 2 aromatic rings. The number of benzene rings is 1. The molecule has 5 nitrogen and oxygen atoms in total. The van der Waals surface area contributed by atoms with E-state index in [2.05, 4.69) is 0 Å². The van der Waals surface area contributed by atoms with Crippen LogP contribution in [0.2, 0.25) is 0 Å². The minimum atomic E-state index is -0.612. The van der Waals surface area contributed by atoms with Crippen molar-refractivity contribution in [1.29, 1.82) is 0 Å². The quantitative estimate of drug-likeness (QED) is 0.663. The molecule has 0 atom stereocenters. The molecule has 0 aliphatic heterocycles. The van der Waals surface area contributed by atoms with E-state index in [1.807, 2.05) is 6.92 Å². The molecule has 0 fully saturated rings. The molecule has 0 bridgehead atoms. The molecule has 0 unspecified atom stereocenters. The minimum absolute atomic E-state index is 0.0544. The average Bonchev–Trinajstić information content (AvgIpc) is 2.79. The number of nitrogens with two attached hydrogens (primary N) is 1. The number of hydrogen-bond acceptors (Lipinski definition) is 5. The van der Waals surface area contributed by atoms with Crippen molar-refractivity contribution in [3.8, 4) is 11.5 Å². The van der Waals surface area contributed by atoms with Gasteiger partial charge in [-0.05, 0) is 25.1 Å². The molecule has 1 aromatic heterocycles. The van der Waals surface area contributed by atoms with Crippen LogP contribution in [0.4, 0.5) is 5.88 Å². The predicted molar refractivity (Wildman–Crippen MR) is 65.7 cm³/mol. The number of anilines is 1. The summed E-state index contributed by atoms with van der Waals surface area (Å²) in [6.45, 7) is 2.34. The van der Waals surface area contributed by atoms with E-state index in [4.69, 9.17) is 19.6 Å². The third kappa shape index (κ3) is 2.63. The second-order valence-corrected chi connectivity index (χ2v) is 3.47. The van der Waals surface area contributed by atoms with Gasteiger partial charge in [-0.15, -0.1) is 0 Å². The molecule has 0 saturated carbocycles. The lowest BCUT2D eigenvalue weighted by atomic mass is 10.3. The van der Waals surface area contributed by atoms with Crippen LogP contribution in [0.3, 0.4) is 0 Å². The van der Waals surface area contributed by atoms with Gasteiger partial charge in [0.15, 0.2) is 17.4 Å². The first-order chi connectivity index (χ1) is 8.70. The standard InChI is InChI=1S/C13H13NO4/c1-2-16-9-5-3-4-6-10(9)18-13(15)11-7-8-12(14)17-11/h3-8H,2,14H2,1H3. The van der Waals surface area contributed by atoms with Crippen molar-refractivity contribution in [1.82, 2.24) is 0 Å². The molecule has 0 aliphatic rings. The highest BCUT2D eigenvalue weighted by atomic mass is 16.6. The van der Waals surface area contributed by atoms with E-state index >= 15 is 0 Å². The Bertz CT molecular complexity index is 547. The highest BCUT2D eigenvalue weighted by molar-refractivity contribution is 5.88. The van der Waals surface area contributed by atoms with Gasteiger partial charge in [0.05, 0.1) is 6.61 Å². The van der Waals surface area contributed by atoms with E-state index < -0.39 is 5.97 Å². The summed E-state index contributed by atoms with van der Waals surface area (Å²) in [5.41, 5.74) is 5.39. The number of hydrogen-bond donors (Lipinski definition) is 1. The Morgan fingerprint density at radius 1 is 1.22 bits per heavy atom. The van der Waals surface area contributed by atoms with Crippen molar-refractivity contribution in [3.63, 3.8) is 0 Å². The Balaban J connectivity index is 2.16. The normalized spacial score (nSPS) is 10.1. The van der Waals surface area contributed by atoms with Crippen LogP contribution in [0.15, 0.2) is 40.8 Å². The number of furan rings is 1.